The number of benzene rings is 1. The molecule has 0 atom stereocenters. The molecule has 1 N–H and O–H groups in total. The fraction of sp³-hybridized carbons (Fsp3) is 0.300. The van der Waals surface area contributed by atoms with E-state index in [-0.39, 0.29) is 12.3 Å². The van der Waals surface area contributed by atoms with Crippen LogP contribution in [0.15, 0.2) is 18.2 Å². The first kappa shape index (κ1) is 15.1. The number of nitrogens with zero attached hydrogens (tertiary/aromatic N) is 3. The molecule has 0 bridgehead atoms. The summed E-state index contributed by atoms with van der Waals surface area (Å²) in [7, 11) is 1.35. The van der Waals surface area contributed by atoms with Crippen molar-refractivity contribution < 1.29 is 19.4 Å². The number of carbonyl (C=O) groups is 1. The third-order valence-corrected chi connectivity index (χ3v) is 2.26. The second-order valence-electron chi connectivity index (χ2n) is 3.58. The van der Waals surface area contributed by atoms with Crippen molar-refractivity contribution in [2.45, 2.75) is 6.92 Å². The summed E-state index contributed by atoms with van der Waals surface area (Å²) >= 11 is 0. The summed E-state index contributed by atoms with van der Waals surface area (Å²) in [6, 6.07) is 3.09. The minimum atomic E-state index is -0.789. The van der Waals surface area contributed by atoms with Gasteiger partial charge >= 0.3 is 11.8 Å². The van der Waals surface area contributed by atoms with E-state index in [0.717, 1.165) is 17.1 Å². The van der Waals surface area contributed by atoms with Crippen molar-refractivity contribution in [1.82, 2.24) is 5.43 Å². The number of hydrazine groups is 1. The molecule has 0 aliphatic heterocycles. The lowest BCUT2D eigenvalue weighted by Crippen LogP contribution is -2.40. The van der Waals surface area contributed by atoms with Gasteiger partial charge in [0.25, 0.3) is 5.69 Å². The maximum absolute atomic E-state index is 11.2. The Morgan fingerprint density at radius 1 is 1.35 bits per heavy atom. The monoisotopic (exact) mass is 284 g/mol. The number of ether oxygens (including phenoxy) is 1. The highest BCUT2D eigenvalue weighted by Crippen LogP contribution is 2.30. The molecule has 1 rings (SSSR count). The molecule has 0 spiro atoms. The number of non-ortho nitro benzene ring substituents is 1. The maximum atomic E-state index is 11.2. The molecule has 1 aromatic rings. The van der Waals surface area contributed by atoms with Crippen LogP contribution in [0.5, 0.6) is 0 Å². The standard InChI is InChI=1S/C10H12N4O6/c1-3-20-10(15)11-12(2)8-5-4-7(13(16)17)6-9(8)14(18)19/h4-6H,3H2,1-2H3,(H,11,15). The minimum Gasteiger partial charge on any atom is -0.449 e. The van der Waals surface area contributed by atoms with Crippen molar-refractivity contribution in [2.75, 3.05) is 18.7 Å². The highest BCUT2D eigenvalue weighted by atomic mass is 16.6. The number of rotatable bonds is 5. The molecular formula is C10H12N4O6. The van der Waals surface area contributed by atoms with E-state index in [1.54, 1.807) is 6.92 Å². The van der Waals surface area contributed by atoms with Crippen molar-refractivity contribution in [1.29, 1.82) is 0 Å². The molecule has 10 nitrogen and oxygen atoms in total. The number of nitrogens with one attached hydrogen (secondary N) is 1. The predicted octanol–water partition coefficient (Wildman–Crippen LogP) is 1.60. The smallest absolute Gasteiger partial charge is 0.426 e. The van der Waals surface area contributed by atoms with Crippen LogP contribution in [0.1, 0.15) is 6.92 Å². The Kier molecular flexibility index (Phi) is 4.78. The lowest BCUT2D eigenvalue weighted by atomic mass is 10.2. The van der Waals surface area contributed by atoms with E-state index < -0.39 is 27.3 Å². The number of anilines is 1. The van der Waals surface area contributed by atoms with Crippen LogP contribution in [0.2, 0.25) is 0 Å². The van der Waals surface area contributed by atoms with Gasteiger partial charge in [-0.25, -0.2) is 10.2 Å². The summed E-state index contributed by atoms with van der Waals surface area (Å²) in [5.41, 5.74) is 1.32. The van der Waals surface area contributed by atoms with E-state index in [2.05, 4.69) is 10.2 Å². The van der Waals surface area contributed by atoms with Gasteiger partial charge in [-0.15, -0.1) is 0 Å². The van der Waals surface area contributed by atoms with Crippen LogP contribution >= 0.6 is 0 Å². The predicted molar refractivity (Wildman–Crippen MR) is 68.3 cm³/mol. The minimum absolute atomic E-state index is 0.00588. The van der Waals surface area contributed by atoms with Gasteiger partial charge in [-0.3, -0.25) is 25.2 Å². The van der Waals surface area contributed by atoms with Crippen LogP contribution in [0.4, 0.5) is 21.9 Å². The molecule has 1 aromatic carbocycles. The Labute approximate surface area is 113 Å². The molecule has 20 heavy (non-hydrogen) atoms. The fourth-order valence-electron chi connectivity index (χ4n) is 1.42. The molecule has 0 aliphatic carbocycles. The van der Waals surface area contributed by atoms with Gasteiger partial charge in [-0.1, -0.05) is 0 Å². The van der Waals surface area contributed by atoms with E-state index in [1.165, 1.54) is 13.1 Å². The Morgan fingerprint density at radius 3 is 2.50 bits per heavy atom. The summed E-state index contributed by atoms with van der Waals surface area (Å²) < 4.78 is 4.63. The van der Waals surface area contributed by atoms with Crippen molar-refractivity contribution in [3.63, 3.8) is 0 Å². The van der Waals surface area contributed by atoms with Gasteiger partial charge in [0.15, 0.2) is 0 Å². The van der Waals surface area contributed by atoms with Crippen molar-refractivity contribution >= 4 is 23.2 Å². The van der Waals surface area contributed by atoms with Gasteiger partial charge in [-0.2, -0.15) is 0 Å². The summed E-state index contributed by atoms with van der Waals surface area (Å²) in [5.74, 6) is 0. The normalized spacial score (nSPS) is 9.70. The SMILES string of the molecule is CCOC(=O)NN(C)c1ccc([N+](=O)[O-])cc1[N+](=O)[O-]. The molecular weight excluding hydrogens is 272 g/mol. The number of hydrogen-bond acceptors (Lipinski definition) is 7. The molecule has 10 heteroatoms. The Balaban J connectivity index is 3.07. The van der Waals surface area contributed by atoms with Crippen molar-refractivity contribution in [2.24, 2.45) is 0 Å². The fourth-order valence-corrected chi connectivity index (χ4v) is 1.42. The molecule has 108 valence electrons. The van der Waals surface area contributed by atoms with Crippen molar-refractivity contribution in [3.05, 3.63) is 38.4 Å². The molecule has 0 unspecified atom stereocenters. The summed E-state index contributed by atoms with van der Waals surface area (Å²) in [5, 5.41) is 22.6. The molecule has 0 radical (unpaired) electrons. The summed E-state index contributed by atoms with van der Waals surface area (Å²) in [4.78, 5) is 31.2. The maximum Gasteiger partial charge on any atom is 0.426 e. The number of nitro groups is 2. The van der Waals surface area contributed by atoms with Crippen LogP contribution in [-0.2, 0) is 4.74 Å². The highest BCUT2D eigenvalue weighted by Gasteiger charge is 2.22. The summed E-state index contributed by atoms with van der Waals surface area (Å²) in [6.45, 7) is 1.75. The zero-order chi connectivity index (χ0) is 15.3. The number of nitro benzene ring substituents is 2. The van der Waals surface area contributed by atoms with Crippen molar-refractivity contribution in [3.8, 4) is 0 Å². The van der Waals surface area contributed by atoms with E-state index in [4.69, 9.17) is 0 Å². The van der Waals surface area contributed by atoms with Crippen LogP contribution in [0.3, 0.4) is 0 Å². The van der Waals surface area contributed by atoms with Gasteiger partial charge in [0.05, 0.1) is 22.5 Å². The number of amides is 1. The topological polar surface area (TPSA) is 128 Å². The summed E-state index contributed by atoms with van der Waals surface area (Å²) in [6.07, 6.45) is -0.789. The second-order valence-corrected chi connectivity index (χ2v) is 3.58. The quantitative estimate of drug-likeness (QED) is 0.642. The second kappa shape index (κ2) is 6.31. The Bertz CT molecular complexity index is 547. The van der Waals surface area contributed by atoms with E-state index >= 15 is 0 Å². The van der Waals surface area contributed by atoms with Crippen LogP contribution in [0, 0.1) is 20.2 Å². The number of hydrogen-bond donors (Lipinski definition) is 1. The van der Waals surface area contributed by atoms with Gasteiger partial charge in [-0.05, 0) is 13.0 Å². The third kappa shape index (κ3) is 3.54. The van der Waals surface area contributed by atoms with Crippen LogP contribution in [0.25, 0.3) is 0 Å². The Hall–Kier alpha value is -2.91. The highest BCUT2D eigenvalue weighted by molar-refractivity contribution is 5.73. The van der Waals surface area contributed by atoms with Gasteiger partial charge < -0.3 is 4.74 Å². The Morgan fingerprint density at radius 2 is 2.00 bits per heavy atom. The molecule has 0 heterocycles. The number of carbonyl (C=O) groups excluding carboxylic acids is 1. The average Bonchev–Trinajstić information content (AvgIpc) is 2.37. The van der Waals surface area contributed by atoms with E-state index in [1.807, 2.05) is 0 Å². The first-order valence-corrected chi connectivity index (χ1v) is 5.46. The molecule has 0 fully saturated rings. The van der Waals surface area contributed by atoms with Gasteiger partial charge in [0, 0.05) is 13.1 Å². The lowest BCUT2D eigenvalue weighted by Gasteiger charge is -2.19. The average molecular weight is 284 g/mol. The van der Waals surface area contributed by atoms with Crippen LogP contribution < -0.4 is 10.4 Å². The zero-order valence-electron chi connectivity index (χ0n) is 10.7. The molecule has 1 amide bonds. The zero-order valence-corrected chi connectivity index (χ0v) is 10.7. The molecule has 0 aromatic heterocycles. The van der Waals surface area contributed by atoms with Crippen LogP contribution in [-0.4, -0.2) is 29.6 Å². The van der Waals surface area contributed by atoms with E-state index in [0.29, 0.717) is 0 Å². The largest absolute Gasteiger partial charge is 0.449 e. The lowest BCUT2D eigenvalue weighted by molar-refractivity contribution is -0.393. The third-order valence-electron chi connectivity index (χ3n) is 2.26. The van der Waals surface area contributed by atoms with E-state index in [9.17, 15) is 25.0 Å². The first-order valence-electron chi connectivity index (χ1n) is 5.46. The molecule has 0 aliphatic rings. The van der Waals surface area contributed by atoms with Gasteiger partial charge in [0.1, 0.15) is 5.69 Å². The first-order chi connectivity index (χ1) is 9.36. The van der Waals surface area contributed by atoms with Gasteiger partial charge in [0.2, 0.25) is 0 Å². The molecule has 0 saturated heterocycles. The molecule has 0 saturated carbocycles.